The minimum Gasteiger partial charge on any atom is -0.761 e. The Hall–Kier alpha value is -0.200. The van der Waals surface area contributed by atoms with E-state index in [1.807, 2.05) is 0 Å². The van der Waals surface area contributed by atoms with E-state index in [4.69, 9.17) is 0 Å². The number of nitrogens with zero attached hydrogens (tertiary/aromatic N) is 2. The van der Waals surface area contributed by atoms with Gasteiger partial charge < -0.3 is 10.4 Å². The molecule has 0 aromatic carbocycles. The van der Waals surface area contributed by atoms with Crippen molar-refractivity contribution in [3.63, 3.8) is 0 Å². The third-order valence-corrected chi connectivity index (χ3v) is 0.647. The molecule has 0 N–H and O–H groups in total. The molecule has 0 aliphatic carbocycles. The molecule has 0 unspecified atom stereocenters. The highest BCUT2D eigenvalue weighted by molar-refractivity contribution is 4.54. The van der Waals surface area contributed by atoms with E-state index < -0.39 is 0 Å². The SMILES string of the molecule is [O-]N1CCN([O-])O1. The summed E-state index contributed by atoms with van der Waals surface area (Å²) < 4.78 is 0. The molecule has 0 bridgehead atoms. The van der Waals surface area contributed by atoms with Crippen LogP contribution in [0.15, 0.2) is 0 Å². The Morgan fingerprint density at radius 1 is 1.14 bits per heavy atom. The van der Waals surface area contributed by atoms with Gasteiger partial charge in [-0.25, -0.2) is 15.4 Å². The van der Waals surface area contributed by atoms with E-state index in [1.54, 1.807) is 0 Å². The van der Waals surface area contributed by atoms with Crippen LogP contribution >= 0.6 is 0 Å². The van der Waals surface area contributed by atoms with Gasteiger partial charge in [0, 0.05) is 13.1 Å². The van der Waals surface area contributed by atoms with Crippen molar-refractivity contribution in [1.82, 2.24) is 10.5 Å². The van der Waals surface area contributed by atoms with Crippen LogP contribution in [0.2, 0.25) is 0 Å². The van der Waals surface area contributed by atoms with Crippen molar-refractivity contribution in [2.75, 3.05) is 13.1 Å². The Balaban J connectivity index is 2.26. The summed E-state index contributed by atoms with van der Waals surface area (Å²) in [7, 11) is 0. The zero-order chi connectivity index (χ0) is 5.28. The average Bonchev–Trinajstić information content (AvgIpc) is 1.87. The molecule has 1 aliphatic heterocycles. The van der Waals surface area contributed by atoms with Crippen molar-refractivity contribution in [3.05, 3.63) is 10.4 Å². The Morgan fingerprint density at radius 2 is 1.57 bits per heavy atom. The minimum atomic E-state index is 0.142. The Morgan fingerprint density at radius 3 is 1.71 bits per heavy atom. The van der Waals surface area contributed by atoms with Gasteiger partial charge in [0.1, 0.15) is 0 Å². The Bertz CT molecular complexity index is 60.0. The second kappa shape index (κ2) is 1.73. The van der Waals surface area contributed by atoms with Crippen LogP contribution in [0.4, 0.5) is 0 Å². The summed E-state index contributed by atoms with van der Waals surface area (Å²) >= 11 is 0. The lowest BCUT2D eigenvalue weighted by molar-refractivity contribution is -0.221. The third kappa shape index (κ3) is 1.08. The average molecular weight is 104 g/mol. The lowest BCUT2D eigenvalue weighted by atomic mass is 10.7. The first kappa shape index (κ1) is 4.95. The largest absolute Gasteiger partial charge is 0.761 e. The fourth-order valence-corrected chi connectivity index (χ4v) is 0.347. The van der Waals surface area contributed by atoms with Crippen LogP contribution in [0.25, 0.3) is 0 Å². The summed E-state index contributed by atoms with van der Waals surface area (Å²) in [5.74, 6) is 0. The van der Waals surface area contributed by atoms with Gasteiger partial charge in [-0.1, -0.05) is 0 Å². The summed E-state index contributed by atoms with van der Waals surface area (Å²) in [5.41, 5.74) is 0. The van der Waals surface area contributed by atoms with Gasteiger partial charge in [-0.2, -0.15) is 0 Å². The second-order valence-electron chi connectivity index (χ2n) is 1.19. The predicted molar refractivity (Wildman–Crippen MR) is 21.2 cm³/mol. The standard InChI is InChI=1S/C2H4N2O3/c5-3-1-2-4(6)7-3/h1-2H2/q-2. The summed E-state index contributed by atoms with van der Waals surface area (Å²) in [6, 6.07) is 0. The van der Waals surface area contributed by atoms with Crippen LogP contribution in [0.5, 0.6) is 0 Å². The van der Waals surface area contributed by atoms with Crippen molar-refractivity contribution >= 4 is 0 Å². The van der Waals surface area contributed by atoms with Crippen LogP contribution in [0.3, 0.4) is 0 Å². The summed E-state index contributed by atoms with van der Waals surface area (Å²) in [6.45, 7) is 0.285. The molecule has 1 heterocycles. The molecular formula is C2H4N2O3-2. The molecular weight excluding hydrogens is 100 g/mol. The number of hydroxylamine groups is 4. The maximum absolute atomic E-state index is 9.91. The molecule has 0 amide bonds. The van der Waals surface area contributed by atoms with Gasteiger partial charge in [-0.05, 0) is 0 Å². The molecule has 0 aromatic heterocycles. The normalized spacial score (nSPS) is 26.6. The monoisotopic (exact) mass is 104 g/mol. The molecule has 1 saturated heterocycles. The van der Waals surface area contributed by atoms with Crippen LogP contribution < -0.4 is 0 Å². The highest BCUT2D eigenvalue weighted by Crippen LogP contribution is 2.00. The molecule has 1 rings (SSSR count). The number of hydrogen-bond acceptors (Lipinski definition) is 5. The van der Waals surface area contributed by atoms with E-state index in [0.717, 1.165) is 0 Å². The van der Waals surface area contributed by atoms with Crippen molar-refractivity contribution < 1.29 is 4.94 Å². The zero-order valence-corrected chi connectivity index (χ0v) is 3.53. The van der Waals surface area contributed by atoms with E-state index in [2.05, 4.69) is 4.94 Å². The summed E-state index contributed by atoms with van der Waals surface area (Å²) in [5, 5.41) is 20.3. The van der Waals surface area contributed by atoms with Crippen molar-refractivity contribution in [2.45, 2.75) is 0 Å². The van der Waals surface area contributed by atoms with E-state index in [-0.39, 0.29) is 23.5 Å². The topological polar surface area (TPSA) is 61.8 Å². The van der Waals surface area contributed by atoms with Gasteiger partial charge in [0.2, 0.25) is 0 Å². The van der Waals surface area contributed by atoms with Gasteiger partial charge in [-0.15, -0.1) is 0 Å². The van der Waals surface area contributed by atoms with Crippen molar-refractivity contribution in [1.29, 1.82) is 0 Å². The van der Waals surface area contributed by atoms with E-state index in [9.17, 15) is 10.4 Å². The zero-order valence-electron chi connectivity index (χ0n) is 3.53. The molecule has 0 saturated carbocycles. The molecule has 1 fully saturated rings. The predicted octanol–water partition coefficient (Wildman–Crippen LogP) is -0.554. The van der Waals surface area contributed by atoms with Gasteiger partial charge in [0.05, 0.1) is 0 Å². The third-order valence-electron chi connectivity index (χ3n) is 0.647. The van der Waals surface area contributed by atoms with Crippen molar-refractivity contribution in [3.8, 4) is 0 Å². The van der Waals surface area contributed by atoms with Gasteiger partial charge in [0.25, 0.3) is 0 Å². The Labute approximate surface area is 40.1 Å². The van der Waals surface area contributed by atoms with Crippen molar-refractivity contribution in [2.24, 2.45) is 0 Å². The number of hydrogen-bond donors (Lipinski definition) is 0. The molecule has 0 atom stereocenters. The molecule has 1 aliphatic rings. The highest BCUT2D eigenvalue weighted by atomic mass is 17.1. The summed E-state index contributed by atoms with van der Waals surface area (Å²) in [4.78, 5) is 3.92. The van der Waals surface area contributed by atoms with Crippen LogP contribution in [0, 0.1) is 10.4 Å². The van der Waals surface area contributed by atoms with E-state index in [1.165, 1.54) is 0 Å². The number of rotatable bonds is 0. The summed E-state index contributed by atoms with van der Waals surface area (Å²) in [6.07, 6.45) is 0. The van der Waals surface area contributed by atoms with Crippen LogP contribution in [-0.2, 0) is 4.94 Å². The smallest absolute Gasteiger partial charge is 0.0266 e. The minimum absolute atomic E-state index is 0.142. The maximum atomic E-state index is 9.91. The van der Waals surface area contributed by atoms with Crippen LogP contribution in [0.1, 0.15) is 0 Å². The first-order valence-corrected chi connectivity index (χ1v) is 1.86. The molecule has 5 nitrogen and oxygen atoms in total. The first-order valence-electron chi connectivity index (χ1n) is 1.86. The molecule has 5 heteroatoms. The quantitative estimate of drug-likeness (QED) is 0.412. The molecule has 0 aromatic rings. The fourth-order valence-electron chi connectivity index (χ4n) is 0.347. The molecule has 7 heavy (non-hydrogen) atoms. The highest BCUT2D eigenvalue weighted by Gasteiger charge is 2.02. The maximum Gasteiger partial charge on any atom is 0.0266 e. The van der Waals surface area contributed by atoms with Gasteiger partial charge >= 0.3 is 0 Å². The van der Waals surface area contributed by atoms with E-state index >= 15 is 0 Å². The van der Waals surface area contributed by atoms with Gasteiger partial charge in [-0.3, -0.25) is 0 Å². The van der Waals surface area contributed by atoms with Crippen LogP contribution in [-0.4, -0.2) is 23.5 Å². The lowest BCUT2D eigenvalue weighted by Crippen LogP contribution is -2.11. The van der Waals surface area contributed by atoms with E-state index in [0.29, 0.717) is 0 Å². The molecule has 0 radical (unpaired) electrons. The Kier molecular flexibility index (Phi) is 1.22. The van der Waals surface area contributed by atoms with Gasteiger partial charge in [0.15, 0.2) is 0 Å². The second-order valence-corrected chi connectivity index (χ2v) is 1.19. The lowest BCUT2D eigenvalue weighted by Gasteiger charge is -2.23. The first-order chi connectivity index (χ1) is 3.29. The molecule has 0 spiro atoms. The fraction of sp³-hybridized carbons (Fsp3) is 1.00. The molecule has 42 valence electrons.